The van der Waals surface area contributed by atoms with Gasteiger partial charge < -0.3 is 5.11 Å². The number of carboxylic acid groups (broad SMARTS) is 1. The van der Waals surface area contributed by atoms with E-state index in [1.54, 1.807) is 13.8 Å². The molecule has 1 aromatic carbocycles. The Balaban J connectivity index is 2.32. The molecule has 0 fully saturated rings. The maximum atomic E-state index is 11.0. The molecule has 16 heavy (non-hydrogen) atoms. The second-order valence-corrected chi connectivity index (χ2v) is 6.77. The minimum atomic E-state index is -0.839. The summed E-state index contributed by atoms with van der Waals surface area (Å²) in [5, 5.41) is 9.03. The van der Waals surface area contributed by atoms with E-state index in [4.69, 9.17) is 5.11 Å². The molecule has 0 aliphatic carbocycles. The average molecular weight is 253 g/mol. The van der Waals surface area contributed by atoms with Crippen LogP contribution in [0.25, 0.3) is 10.2 Å². The van der Waals surface area contributed by atoms with E-state index in [0.717, 1.165) is 14.6 Å². The van der Waals surface area contributed by atoms with Crippen LogP contribution in [-0.4, -0.2) is 20.8 Å². The quantitative estimate of drug-likeness (QED) is 0.853. The van der Waals surface area contributed by atoms with E-state index in [0.29, 0.717) is 0 Å². The van der Waals surface area contributed by atoms with Crippen LogP contribution < -0.4 is 0 Å². The van der Waals surface area contributed by atoms with E-state index in [1.807, 2.05) is 24.3 Å². The van der Waals surface area contributed by atoms with E-state index in [1.165, 1.54) is 23.1 Å². The Hall–Kier alpha value is -1.07. The van der Waals surface area contributed by atoms with Gasteiger partial charge in [-0.3, -0.25) is 4.79 Å². The summed E-state index contributed by atoms with van der Waals surface area (Å²) in [6, 6.07) is 7.81. The standard InChI is InChI=1S/C11H11NO2S2/c1-11(2,9(13)14)16-10-12-7-5-3-4-6-8(7)15-10/h3-6H,1-2H3,(H,13,14). The molecule has 1 N–H and O–H groups in total. The van der Waals surface area contributed by atoms with Crippen molar-refractivity contribution >= 4 is 39.3 Å². The highest BCUT2D eigenvalue weighted by atomic mass is 32.2. The molecule has 0 bridgehead atoms. The highest BCUT2D eigenvalue weighted by Crippen LogP contribution is 2.37. The first-order chi connectivity index (χ1) is 7.49. The summed E-state index contributed by atoms with van der Waals surface area (Å²) < 4.78 is 1.05. The summed E-state index contributed by atoms with van der Waals surface area (Å²) in [6.45, 7) is 3.37. The average Bonchev–Trinajstić information content (AvgIpc) is 2.58. The lowest BCUT2D eigenvalue weighted by atomic mass is 10.2. The number of rotatable bonds is 3. The number of hydrogen-bond donors (Lipinski definition) is 1. The van der Waals surface area contributed by atoms with Gasteiger partial charge in [0.05, 0.1) is 10.2 Å². The van der Waals surface area contributed by atoms with Crippen molar-refractivity contribution < 1.29 is 9.90 Å². The number of nitrogens with zero attached hydrogens (tertiary/aromatic N) is 1. The van der Waals surface area contributed by atoms with Gasteiger partial charge in [-0.05, 0) is 26.0 Å². The normalized spacial score (nSPS) is 11.9. The fourth-order valence-corrected chi connectivity index (χ4v) is 3.58. The molecule has 0 amide bonds. The van der Waals surface area contributed by atoms with Gasteiger partial charge in [-0.25, -0.2) is 4.98 Å². The van der Waals surface area contributed by atoms with Crippen molar-refractivity contribution in [2.24, 2.45) is 0 Å². The number of carboxylic acids is 1. The molecule has 1 aromatic heterocycles. The first kappa shape index (κ1) is 11.4. The van der Waals surface area contributed by atoms with Crippen LogP contribution in [0.2, 0.25) is 0 Å². The van der Waals surface area contributed by atoms with Crippen molar-refractivity contribution in [2.45, 2.75) is 22.9 Å². The number of aliphatic carboxylic acids is 1. The van der Waals surface area contributed by atoms with Crippen LogP contribution in [0.15, 0.2) is 28.6 Å². The Bertz CT molecular complexity index is 501. The lowest BCUT2D eigenvalue weighted by Gasteiger charge is -2.15. The molecule has 5 heteroatoms. The summed E-state index contributed by atoms with van der Waals surface area (Å²) in [6.07, 6.45) is 0. The van der Waals surface area contributed by atoms with Crippen LogP contribution in [0.4, 0.5) is 0 Å². The number of hydrogen-bond acceptors (Lipinski definition) is 4. The molecule has 1 heterocycles. The molecule has 2 rings (SSSR count). The summed E-state index contributed by atoms with van der Waals surface area (Å²) in [5.74, 6) is -0.822. The zero-order valence-corrected chi connectivity index (χ0v) is 10.6. The summed E-state index contributed by atoms with van der Waals surface area (Å²) in [7, 11) is 0. The topological polar surface area (TPSA) is 50.2 Å². The maximum Gasteiger partial charge on any atom is 0.319 e. The number of fused-ring (bicyclic) bond motifs is 1. The predicted octanol–water partition coefficient (Wildman–Crippen LogP) is 3.25. The lowest BCUT2D eigenvalue weighted by Crippen LogP contribution is -2.26. The van der Waals surface area contributed by atoms with Gasteiger partial charge in [-0.2, -0.15) is 0 Å². The number of thioether (sulfide) groups is 1. The first-order valence-corrected chi connectivity index (χ1v) is 6.40. The first-order valence-electron chi connectivity index (χ1n) is 4.77. The van der Waals surface area contributed by atoms with E-state index < -0.39 is 10.7 Å². The minimum Gasteiger partial charge on any atom is -0.480 e. The van der Waals surface area contributed by atoms with Gasteiger partial charge in [-0.1, -0.05) is 23.9 Å². The molecule has 3 nitrogen and oxygen atoms in total. The van der Waals surface area contributed by atoms with Gasteiger partial charge in [0.15, 0.2) is 4.34 Å². The molecule has 84 valence electrons. The Morgan fingerprint density at radius 1 is 1.44 bits per heavy atom. The number of benzene rings is 1. The fraction of sp³-hybridized carbons (Fsp3) is 0.273. The molecular formula is C11H11NO2S2. The predicted molar refractivity (Wildman–Crippen MR) is 67.2 cm³/mol. The highest BCUT2D eigenvalue weighted by Gasteiger charge is 2.29. The van der Waals surface area contributed by atoms with Crippen LogP contribution >= 0.6 is 23.1 Å². The molecule has 0 saturated heterocycles. The van der Waals surface area contributed by atoms with E-state index in [9.17, 15) is 4.79 Å². The Morgan fingerprint density at radius 2 is 2.12 bits per heavy atom. The Morgan fingerprint density at radius 3 is 2.75 bits per heavy atom. The van der Waals surface area contributed by atoms with Gasteiger partial charge in [0.25, 0.3) is 0 Å². The second kappa shape index (κ2) is 4.07. The van der Waals surface area contributed by atoms with Crippen LogP contribution in [0.5, 0.6) is 0 Å². The third-order valence-electron chi connectivity index (χ3n) is 2.13. The van der Waals surface area contributed by atoms with Crippen molar-refractivity contribution in [3.63, 3.8) is 0 Å². The summed E-state index contributed by atoms with van der Waals surface area (Å²) >= 11 is 2.82. The monoisotopic (exact) mass is 253 g/mol. The Kier molecular flexibility index (Phi) is 2.90. The third kappa shape index (κ3) is 2.20. The van der Waals surface area contributed by atoms with Gasteiger partial charge in [0.2, 0.25) is 0 Å². The van der Waals surface area contributed by atoms with Crippen molar-refractivity contribution in [1.82, 2.24) is 4.98 Å². The highest BCUT2D eigenvalue weighted by molar-refractivity contribution is 8.03. The van der Waals surface area contributed by atoms with Crippen molar-refractivity contribution in [3.8, 4) is 0 Å². The van der Waals surface area contributed by atoms with Crippen molar-refractivity contribution in [3.05, 3.63) is 24.3 Å². The molecule has 0 saturated carbocycles. The van der Waals surface area contributed by atoms with Gasteiger partial charge in [0.1, 0.15) is 4.75 Å². The molecule has 0 unspecified atom stereocenters. The summed E-state index contributed by atoms with van der Waals surface area (Å²) in [5.41, 5.74) is 0.927. The lowest BCUT2D eigenvalue weighted by molar-refractivity contribution is -0.138. The summed E-state index contributed by atoms with van der Waals surface area (Å²) in [4.78, 5) is 15.4. The second-order valence-electron chi connectivity index (χ2n) is 3.87. The number of para-hydroxylation sites is 1. The molecule has 0 aliphatic rings. The van der Waals surface area contributed by atoms with E-state index in [-0.39, 0.29) is 0 Å². The number of carbonyl (C=O) groups is 1. The van der Waals surface area contributed by atoms with Gasteiger partial charge in [-0.15, -0.1) is 11.3 Å². The fourth-order valence-electron chi connectivity index (χ4n) is 1.16. The molecule has 0 spiro atoms. The molecular weight excluding hydrogens is 242 g/mol. The Labute approximate surface area is 102 Å². The van der Waals surface area contributed by atoms with E-state index in [2.05, 4.69) is 4.98 Å². The zero-order valence-electron chi connectivity index (χ0n) is 8.93. The molecule has 2 aromatic rings. The molecule has 0 aliphatic heterocycles. The van der Waals surface area contributed by atoms with Crippen molar-refractivity contribution in [2.75, 3.05) is 0 Å². The van der Waals surface area contributed by atoms with Gasteiger partial charge in [0, 0.05) is 0 Å². The van der Waals surface area contributed by atoms with Crippen LogP contribution in [-0.2, 0) is 4.79 Å². The number of thiazole rings is 1. The minimum absolute atomic E-state index is 0.800. The van der Waals surface area contributed by atoms with E-state index >= 15 is 0 Å². The number of aromatic nitrogens is 1. The smallest absolute Gasteiger partial charge is 0.319 e. The zero-order chi connectivity index (χ0) is 11.8. The van der Waals surface area contributed by atoms with Crippen LogP contribution in [0, 0.1) is 0 Å². The van der Waals surface area contributed by atoms with Crippen molar-refractivity contribution in [1.29, 1.82) is 0 Å². The molecule has 0 atom stereocenters. The maximum absolute atomic E-state index is 11.0. The third-order valence-corrected chi connectivity index (χ3v) is 4.41. The van der Waals surface area contributed by atoms with Crippen LogP contribution in [0.3, 0.4) is 0 Å². The van der Waals surface area contributed by atoms with Gasteiger partial charge >= 0.3 is 5.97 Å². The molecule has 0 radical (unpaired) electrons. The largest absolute Gasteiger partial charge is 0.480 e. The van der Waals surface area contributed by atoms with Crippen LogP contribution in [0.1, 0.15) is 13.8 Å². The SMILES string of the molecule is CC(C)(Sc1nc2ccccc2s1)C(=O)O.